The van der Waals surface area contributed by atoms with Crippen LogP contribution < -0.4 is 5.73 Å². The molecule has 2 rings (SSSR count). The summed E-state index contributed by atoms with van der Waals surface area (Å²) in [6.45, 7) is 0.648. The quantitative estimate of drug-likeness (QED) is 0.810. The van der Waals surface area contributed by atoms with Crippen molar-refractivity contribution in [3.63, 3.8) is 0 Å². The van der Waals surface area contributed by atoms with Gasteiger partial charge in [-0.3, -0.25) is 4.79 Å². The van der Waals surface area contributed by atoms with E-state index >= 15 is 0 Å². The Labute approximate surface area is 127 Å². The van der Waals surface area contributed by atoms with Crippen LogP contribution in [0.25, 0.3) is 0 Å². The monoisotopic (exact) mass is 340 g/mol. The Balaban J connectivity index is 1.95. The molecule has 1 fully saturated rings. The SMILES string of the molecule is NC(=S)CCN(C(=O)Cc1ccc(Br)cc1)C1CC1. The zero-order valence-electron chi connectivity index (χ0n) is 10.6. The lowest BCUT2D eigenvalue weighted by Crippen LogP contribution is -2.36. The second kappa shape index (κ2) is 6.48. The maximum absolute atomic E-state index is 12.3. The number of benzene rings is 1. The summed E-state index contributed by atoms with van der Waals surface area (Å²) in [6.07, 6.45) is 3.26. The molecule has 1 aromatic carbocycles. The van der Waals surface area contributed by atoms with Crippen LogP contribution >= 0.6 is 28.1 Å². The van der Waals surface area contributed by atoms with E-state index in [1.54, 1.807) is 0 Å². The predicted octanol–water partition coefficient (Wildman–Crippen LogP) is 2.66. The maximum atomic E-state index is 12.3. The number of carbonyl (C=O) groups is 1. The van der Waals surface area contributed by atoms with Crippen molar-refractivity contribution >= 4 is 39.0 Å². The highest BCUT2D eigenvalue weighted by atomic mass is 79.9. The lowest BCUT2D eigenvalue weighted by atomic mass is 10.1. The van der Waals surface area contributed by atoms with E-state index in [1.807, 2.05) is 29.2 Å². The Hall–Kier alpha value is -0.940. The van der Waals surface area contributed by atoms with E-state index in [4.69, 9.17) is 18.0 Å². The first-order valence-corrected chi connectivity index (χ1v) is 7.58. The molecule has 0 saturated heterocycles. The fourth-order valence-electron chi connectivity index (χ4n) is 2.01. The standard InChI is InChI=1S/C14H17BrN2OS/c15-11-3-1-10(2-4-11)9-14(18)17(12-5-6-12)8-7-13(16)19/h1-4,12H,5-9H2,(H2,16,19). The van der Waals surface area contributed by atoms with Gasteiger partial charge in [0.1, 0.15) is 0 Å². The smallest absolute Gasteiger partial charge is 0.227 e. The van der Waals surface area contributed by atoms with Crippen LogP contribution in [-0.2, 0) is 11.2 Å². The van der Waals surface area contributed by atoms with Crippen LogP contribution in [0.2, 0.25) is 0 Å². The highest BCUT2D eigenvalue weighted by Crippen LogP contribution is 2.27. The van der Waals surface area contributed by atoms with Gasteiger partial charge in [-0.25, -0.2) is 0 Å². The third kappa shape index (κ3) is 4.58. The lowest BCUT2D eigenvalue weighted by Gasteiger charge is -2.22. The summed E-state index contributed by atoms with van der Waals surface area (Å²) in [5, 5.41) is 0. The van der Waals surface area contributed by atoms with E-state index in [-0.39, 0.29) is 5.91 Å². The highest BCUT2D eigenvalue weighted by Gasteiger charge is 2.32. The van der Waals surface area contributed by atoms with Gasteiger partial charge in [-0.2, -0.15) is 0 Å². The number of hydrogen-bond acceptors (Lipinski definition) is 2. The van der Waals surface area contributed by atoms with Gasteiger partial charge in [0.05, 0.1) is 11.4 Å². The molecule has 0 bridgehead atoms. The van der Waals surface area contributed by atoms with E-state index in [0.29, 0.717) is 30.4 Å². The van der Waals surface area contributed by atoms with Gasteiger partial charge in [0.2, 0.25) is 5.91 Å². The first kappa shape index (κ1) is 14.5. The zero-order chi connectivity index (χ0) is 13.8. The van der Waals surface area contributed by atoms with Crippen molar-refractivity contribution in [1.82, 2.24) is 4.90 Å². The van der Waals surface area contributed by atoms with Crippen molar-refractivity contribution in [2.75, 3.05) is 6.54 Å². The van der Waals surface area contributed by atoms with Crippen molar-refractivity contribution in [3.05, 3.63) is 34.3 Å². The molecule has 1 aliphatic rings. The highest BCUT2D eigenvalue weighted by molar-refractivity contribution is 9.10. The molecule has 1 aromatic rings. The van der Waals surface area contributed by atoms with Crippen LogP contribution in [-0.4, -0.2) is 28.4 Å². The van der Waals surface area contributed by atoms with Gasteiger partial charge in [-0.05, 0) is 30.5 Å². The normalized spacial score (nSPS) is 14.2. The van der Waals surface area contributed by atoms with Gasteiger partial charge < -0.3 is 10.6 Å². The molecule has 1 aliphatic carbocycles. The van der Waals surface area contributed by atoms with E-state index in [1.165, 1.54) is 0 Å². The minimum absolute atomic E-state index is 0.168. The molecule has 0 atom stereocenters. The summed E-state index contributed by atoms with van der Waals surface area (Å²) in [5.41, 5.74) is 6.56. The summed E-state index contributed by atoms with van der Waals surface area (Å²) in [5.74, 6) is 0.168. The number of nitrogens with zero attached hydrogens (tertiary/aromatic N) is 1. The van der Waals surface area contributed by atoms with Crippen molar-refractivity contribution in [2.24, 2.45) is 5.73 Å². The third-order valence-electron chi connectivity index (χ3n) is 3.18. The Morgan fingerprint density at radius 3 is 2.53 bits per heavy atom. The molecular weight excluding hydrogens is 324 g/mol. The third-order valence-corrected chi connectivity index (χ3v) is 3.91. The average molecular weight is 341 g/mol. The lowest BCUT2D eigenvalue weighted by molar-refractivity contribution is -0.130. The second-order valence-corrected chi connectivity index (χ2v) is 6.28. The molecule has 1 saturated carbocycles. The van der Waals surface area contributed by atoms with Crippen molar-refractivity contribution in [2.45, 2.75) is 31.7 Å². The van der Waals surface area contributed by atoms with Gasteiger partial charge >= 0.3 is 0 Å². The molecule has 5 heteroatoms. The number of thiocarbonyl (C=S) groups is 1. The summed E-state index contributed by atoms with van der Waals surface area (Å²) < 4.78 is 1.02. The van der Waals surface area contributed by atoms with Crippen LogP contribution in [0.15, 0.2) is 28.7 Å². The van der Waals surface area contributed by atoms with Gasteiger partial charge in [0.25, 0.3) is 0 Å². The summed E-state index contributed by atoms with van der Waals surface area (Å²) >= 11 is 8.28. The van der Waals surface area contributed by atoms with Crippen molar-refractivity contribution in [1.29, 1.82) is 0 Å². The van der Waals surface area contributed by atoms with Crippen LogP contribution in [0.1, 0.15) is 24.8 Å². The minimum Gasteiger partial charge on any atom is -0.393 e. The Morgan fingerprint density at radius 2 is 2.00 bits per heavy atom. The van der Waals surface area contributed by atoms with Crippen molar-refractivity contribution < 1.29 is 4.79 Å². The maximum Gasteiger partial charge on any atom is 0.227 e. The number of rotatable bonds is 6. The number of amides is 1. The molecule has 19 heavy (non-hydrogen) atoms. The van der Waals surface area contributed by atoms with Crippen LogP contribution in [0.5, 0.6) is 0 Å². The Kier molecular flexibility index (Phi) is 4.93. The fourth-order valence-corrected chi connectivity index (χ4v) is 2.36. The molecule has 3 nitrogen and oxygen atoms in total. The van der Waals surface area contributed by atoms with E-state index < -0.39 is 0 Å². The van der Waals surface area contributed by atoms with E-state index in [2.05, 4.69) is 15.9 Å². The van der Waals surface area contributed by atoms with E-state index in [0.717, 1.165) is 22.9 Å². The van der Waals surface area contributed by atoms with Crippen LogP contribution in [0.3, 0.4) is 0 Å². The Morgan fingerprint density at radius 1 is 1.37 bits per heavy atom. The molecule has 1 amide bonds. The number of carbonyl (C=O) groups excluding carboxylic acids is 1. The largest absolute Gasteiger partial charge is 0.393 e. The number of nitrogens with two attached hydrogens (primary N) is 1. The molecule has 2 N–H and O–H groups in total. The minimum atomic E-state index is 0.168. The summed E-state index contributed by atoms with van der Waals surface area (Å²) in [4.78, 5) is 14.7. The van der Waals surface area contributed by atoms with E-state index in [9.17, 15) is 4.79 Å². The topological polar surface area (TPSA) is 46.3 Å². The fraction of sp³-hybridized carbons (Fsp3) is 0.429. The summed E-state index contributed by atoms with van der Waals surface area (Å²) in [6, 6.07) is 8.26. The van der Waals surface area contributed by atoms with Gasteiger partial charge in [-0.1, -0.05) is 40.3 Å². The summed E-state index contributed by atoms with van der Waals surface area (Å²) in [7, 11) is 0. The zero-order valence-corrected chi connectivity index (χ0v) is 13.0. The van der Waals surface area contributed by atoms with Crippen molar-refractivity contribution in [3.8, 4) is 0 Å². The molecule has 0 aliphatic heterocycles. The number of halogens is 1. The molecule has 0 heterocycles. The molecule has 0 unspecified atom stereocenters. The number of hydrogen-bond donors (Lipinski definition) is 1. The van der Waals surface area contributed by atoms with Crippen LogP contribution in [0.4, 0.5) is 0 Å². The Bertz CT molecular complexity index is 471. The first-order valence-electron chi connectivity index (χ1n) is 6.38. The molecular formula is C14H17BrN2OS. The average Bonchev–Trinajstić information content (AvgIpc) is 3.16. The predicted molar refractivity (Wildman–Crippen MR) is 84.0 cm³/mol. The molecule has 0 radical (unpaired) electrons. The molecule has 102 valence electrons. The van der Waals surface area contributed by atoms with Gasteiger partial charge in [0.15, 0.2) is 0 Å². The van der Waals surface area contributed by atoms with Crippen LogP contribution in [0, 0.1) is 0 Å². The first-order chi connectivity index (χ1) is 9.06. The second-order valence-electron chi connectivity index (χ2n) is 4.84. The van der Waals surface area contributed by atoms with Gasteiger partial charge in [-0.15, -0.1) is 0 Å². The molecule has 0 spiro atoms. The molecule has 0 aromatic heterocycles. The van der Waals surface area contributed by atoms with Gasteiger partial charge in [0, 0.05) is 23.5 Å².